The number of benzene rings is 1. The number of fused-ring (bicyclic) bond motifs is 1. The van der Waals surface area contributed by atoms with E-state index in [1.807, 2.05) is 0 Å². The molecule has 0 radical (unpaired) electrons. The average molecular weight is 298 g/mol. The predicted octanol–water partition coefficient (Wildman–Crippen LogP) is 2.72. The summed E-state index contributed by atoms with van der Waals surface area (Å²) in [5.41, 5.74) is 1.49. The number of nitrogens with one attached hydrogen (secondary N) is 2. The lowest BCUT2D eigenvalue weighted by atomic mass is 10.2. The molecule has 0 atom stereocenters. The maximum absolute atomic E-state index is 11.8. The van der Waals surface area contributed by atoms with Gasteiger partial charge >= 0.3 is 5.88 Å². The molecule has 2 heterocycles. The van der Waals surface area contributed by atoms with Crippen molar-refractivity contribution in [2.75, 3.05) is 5.32 Å². The standard InChI is InChI=1S/C14H10N4O4/c19-13(5-2-11-3-6-14(22-11)18(20)21)16-10-1-4-12-9(7-10)8-15-17-12/h1-8H,(H,15,17)(H,16,19). The van der Waals surface area contributed by atoms with E-state index >= 15 is 0 Å². The molecular formula is C14H10N4O4. The molecule has 110 valence electrons. The van der Waals surface area contributed by atoms with Gasteiger partial charge in [0.2, 0.25) is 5.91 Å². The number of carbonyl (C=O) groups is 1. The Morgan fingerprint density at radius 1 is 1.36 bits per heavy atom. The van der Waals surface area contributed by atoms with Crippen molar-refractivity contribution in [2.24, 2.45) is 0 Å². The molecule has 1 aromatic carbocycles. The number of rotatable bonds is 4. The summed E-state index contributed by atoms with van der Waals surface area (Å²) in [6, 6.07) is 7.97. The van der Waals surface area contributed by atoms with E-state index in [1.165, 1.54) is 24.3 Å². The second kappa shape index (κ2) is 5.52. The molecule has 0 fully saturated rings. The highest BCUT2D eigenvalue weighted by molar-refractivity contribution is 6.02. The smallest absolute Gasteiger partial charge is 0.401 e. The minimum atomic E-state index is -0.641. The Labute approximate surface area is 123 Å². The molecule has 2 aromatic heterocycles. The summed E-state index contributed by atoms with van der Waals surface area (Å²) < 4.78 is 4.91. The van der Waals surface area contributed by atoms with Crippen LogP contribution in [0.15, 0.2) is 47.0 Å². The Morgan fingerprint density at radius 2 is 2.23 bits per heavy atom. The Morgan fingerprint density at radius 3 is 3.00 bits per heavy atom. The maximum Gasteiger partial charge on any atom is 0.433 e. The summed E-state index contributed by atoms with van der Waals surface area (Å²) >= 11 is 0. The first-order chi connectivity index (χ1) is 10.6. The second-order valence-corrected chi connectivity index (χ2v) is 4.43. The van der Waals surface area contributed by atoms with Crippen LogP contribution >= 0.6 is 0 Å². The van der Waals surface area contributed by atoms with Gasteiger partial charge in [-0.2, -0.15) is 5.10 Å². The predicted molar refractivity (Wildman–Crippen MR) is 79.1 cm³/mol. The fourth-order valence-corrected chi connectivity index (χ4v) is 1.89. The SMILES string of the molecule is O=C(C=Cc1ccc([N+](=O)[O-])o1)Nc1ccc2[nH]ncc2c1. The molecule has 0 spiro atoms. The van der Waals surface area contributed by atoms with Gasteiger partial charge in [0.05, 0.1) is 17.8 Å². The van der Waals surface area contributed by atoms with E-state index in [1.54, 1.807) is 24.4 Å². The van der Waals surface area contributed by atoms with Crippen LogP contribution in [0.25, 0.3) is 17.0 Å². The lowest BCUT2D eigenvalue weighted by Crippen LogP contribution is -2.07. The number of anilines is 1. The third-order valence-corrected chi connectivity index (χ3v) is 2.90. The van der Waals surface area contributed by atoms with Crippen LogP contribution in [0.1, 0.15) is 5.76 Å². The molecule has 0 bridgehead atoms. The second-order valence-electron chi connectivity index (χ2n) is 4.43. The van der Waals surface area contributed by atoms with E-state index in [0.717, 1.165) is 10.9 Å². The molecule has 0 aliphatic carbocycles. The lowest BCUT2D eigenvalue weighted by molar-refractivity contribution is -0.402. The van der Waals surface area contributed by atoms with E-state index in [9.17, 15) is 14.9 Å². The Kier molecular flexibility index (Phi) is 3.40. The Bertz CT molecular complexity index is 878. The number of H-pyrrole nitrogens is 1. The van der Waals surface area contributed by atoms with Gasteiger partial charge in [-0.3, -0.25) is 20.0 Å². The third kappa shape index (κ3) is 2.85. The van der Waals surface area contributed by atoms with Crippen LogP contribution < -0.4 is 5.32 Å². The molecule has 0 aliphatic rings. The van der Waals surface area contributed by atoms with Crippen molar-refractivity contribution in [2.45, 2.75) is 0 Å². The number of hydrogen-bond acceptors (Lipinski definition) is 5. The number of aromatic amines is 1. The highest BCUT2D eigenvalue weighted by atomic mass is 16.6. The first-order valence-corrected chi connectivity index (χ1v) is 6.28. The summed E-state index contributed by atoms with van der Waals surface area (Å²) in [6.07, 6.45) is 4.25. The van der Waals surface area contributed by atoms with Crippen molar-refractivity contribution in [1.29, 1.82) is 0 Å². The van der Waals surface area contributed by atoms with E-state index in [2.05, 4.69) is 15.5 Å². The highest BCUT2D eigenvalue weighted by Crippen LogP contribution is 2.18. The van der Waals surface area contributed by atoms with Crippen LogP contribution in [-0.4, -0.2) is 21.0 Å². The van der Waals surface area contributed by atoms with Crippen molar-refractivity contribution >= 4 is 34.5 Å². The highest BCUT2D eigenvalue weighted by Gasteiger charge is 2.10. The number of nitro groups is 1. The van der Waals surface area contributed by atoms with Gasteiger partial charge in [-0.05, 0) is 30.3 Å². The third-order valence-electron chi connectivity index (χ3n) is 2.90. The van der Waals surface area contributed by atoms with Crippen LogP contribution in [-0.2, 0) is 4.79 Å². The zero-order valence-corrected chi connectivity index (χ0v) is 11.1. The average Bonchev–Trinajstić information content (AvgIpc) is 3.13. The molecule has 22 heavy (non-hydrogen) atoms. The number of aromatic nitrogens is 2. The fraction of sp³-hybridized carbons (Fsp3) is 0. The molecule has 2 N–H and O–H groups in total. The number of carbonyl (C=O) groups excluding carboxylic acids is 1. The van der Waals surface area contributed by atoms with Gasteiger partial charge in [0.25, 0.3) is 0 Å². The molecule has 8 nitrogen and oxygen atoms in total. The minimum Gasteiger partial charge on any atom is -0.401 e. The monoisotopic (exact) mass is 298 g/mol. The maximum atomic E-state index is 11.8. The van der Waals surface area contributed by atoms with Gasteiger partial charge in [-0.1, -0.05) is 0 Å². The summed E-state index contributed by atoms with van der Waals surface area (Å²) in [5.74, 6) is -0.514. The molecule has 1 amide bonds. The minimum absolute atomic E-state index is 0.229. The Hall–Kier alpha value is -3.42. The lowest BCUT2D eigenvalue weighted by Gasteiger charge is -2.01. The van der Waals surface area contributed by atoms with Gasteiger partial charge in [-0.25, -0.2) is 0 Å². The summed E-state index contributed by atoms with van der Waals surface area (Å²) in [6.45, 7) is 0. The van der Waals surface area contributed by atoms with Gasteiger partial charge in [0.1, 0.15) is 10.7 Å². The molecule has 8 heteroatoms. The quantitative estimate of drug-likeness (QED) is 0.436. The molecule has 0 aliphatic heterocycles. The van der Waals surface area contributed by atoms with E-state index in [0.29, 0.717) is 5.69 Å². The summed E-state index contributed by atoms with van der Waals surface area (Å²) in [5, 5.41) is 20.7. The van der Waals surface area contributed by atoms with Crippen molar-refractivity contribution in [3.05, 3.63) is 58.5 Å². The Balaban J connectivity index is 1.68. The zero-order valence-electron chi connectivity index (χ0n) is 11.1. The number of hydrogen-bond donors (Lipinski definition) is 2. The van der Waals surface area contributed by atoms with Crippen molar-refractivity contribution < 1.29 is 14.1 Å². The van der Waals surface area contributed by atoms with E-state index < -0.39 is 4.92 Å². The van der Waals surface area contributed by atoms with Crippen LogP contribution in [0.5, 0.6) is 0 Å². The van der Waals surface area contributed by atoms with Crippen LogP contribution in [0.4, 0.5) is 11.6 Å². The van der Waals surface area contributed by atoms with Crippen LogP contribution in [0, 0.1) is 10.1 Å². The van der Waals surface area contributed by atoms with Crippen LogP contribution in [0.2, 0.25) is 0 Å². The molecule has 0 saturated carbocycles. The summed E-state index contributed by atoms with van der Waals surface area (Å²) in [7, 11) is 0. The van der Waals surface area contributed by atoms with Crippen LogP contribution in [0.3, 0.4) is 0 Å². The largest absolute Gasteiger partial charge is 0.433 e. The summed E-state index contributed by atoms with van der Waals surface area (Å²) in [4.78, 5) is 21.6. The number of nitrogens with zero attached hydrogens (tertiary/aromatic N) is 2. The van der Waals surface area contributed by atoms with Crippen molar-refractivity contribution in [3.8, 4) is 0 Å². The van der Waals surface area contributed by atoms with Gasteiger partial charge < -0.3 is 9.73 Å². The molecule has 3 aromatic rings. The fourth-order valence-electron chi connectivity index (χ4n) is 1.89. The van der Waals surface area contributed by atoms with E-state index in [4.69, 9.17) is 4.42 Å². The van der Waals surface area contributed by atoms with Crippen molar-refractivity contribution in [1.82, 2.24) is 10.2 Å². The van der Waals surface area contributed by atoms with E-state index in [-0.39, 0.29) is 17.6 Å². The number of amides is 1. The molecule has 0 unspecified atom stereocenters. The van der Waals surface area contributed by atoms with Crippen molar-refractivity contribution in [3.63, 3.8) is 0 Å². The molecule has 0 saturated heterocycles. The molecular weight excluding hydrogens is 288 g/mol. The zero-order chi connectivity index (χ0) is 15.5. The first kappa shape index (κ1) is 13.6. The van der Waals surface area contributed by atoms with Gasteiger partial charge in [0, 0.05) is 17.1 Å². The normalized spacial score (nSPS) is 11.1. The first-order valence-electron chi connectivity index (χ1n) is 6.28. The topological polar surface area (TPSA) is 114 Å². The number of furan rings is 1. The van der Waals surface area contributed by atoms with Gasteiger partial charge in [0.15, 0.2) is 0 Å². The molecule has 3 rings (SSSR count). The van der Waals surface area contributed by atoms with Gasteiger partial charge in [-0.15, -0.1) is 0 Å².